The summed E-state index contributed by atoms with van der Waals surface area (Å²) in [5.74, 6) is 0.255. The van der Waals surface area contributed by atoms with Crippen LogP contribution in [0.2, 0.25) is 5.15 Å². The van der Waals surface area contributed by atoms with E-state index in [0.717, 1.165) is 12.8 Å². The van der Waals surface area contributed by atoms with Crippen LogP contribution in [0.5, 0.6) is 0 Å². The predicted molar refractivity (Wildman–Crippen MR) is 70.2 cm³/mol. The average molecular weight is 285 g/mol. The van der Waals surface area contributed by atoms with Gasteiger partial charge in [-0.2, -0.15) is 0 Å². The van der Waals surface area contributed by atoms with Crippen molar-refractivity contribution in [2.75, 3.05) is 11.9 Å². The Kier molecular flexibility index (Phi) is 4.16. The molecule has 0 aliphatic heterocycles. The number of carbonyl (C=O) groups is 1. The molecule has 0 unspecified atom stereocenters. The lowest BCUT2D eigenvalue weighted by atomic mass is 10.3. The molecule has 1 aliphatic carbocycles. The molecule has 0 atom stereocenters. The van der Waals surface area contributed by atoms with Crippen LogP contribution in [0.3, 0.4) is 0 Å². The fourth-order valence-electron chi connectivity index (χ4n) is 1.51. The number of rotatable bonds is 6. The molecule has 1 saturated carbocycles. The summed E-state index contributed by atoms with van der Waals surface area (Å²) in [5, 5.41) is 16.4. The van der Waals surface area contributed by atoms with Crippen molar-refractivity contribution in [3.8, 4) is 0 Å². The highest BCUT2D eigenvalue weighted by molar-refractivity contribution is 6.29. The van der Waals surface area contributed by atoms with Crippen LogP contribution in [-0.2, 0) is 4.79 Å². The smallest absolute Gasteiger partial charge is 0.276 e. The molecule has 0 aromatic carbocycles. The number of amides is 1. The van der Waals surface area contributed by atoms with E-state index in [1.54, 1.807) is 0 Å². The van der Waals surface area contributed by atoms with Gasteiger partial charge in [-0.3, -0.25) is 14.9 Å². The fourth-order valence-corrected chi connectivity index (χ4v) is 1.71. The number of nitrogens with one attached hydrogen (secondary N) is 2. The van der Waals surface area contributed by atoms with E-state index < -0.39 is 4.92 Å². The van der Waals surface area contributed by atoms with Crippen LogP contribution >= 0.6 is 11.6 Å². The molecule has 0 bridgehead atoms. The summed E-state index contributed by atoms with van der Waals surface area (Å²) >= 11 is 5.68. The van der Waals surface area contributed by atoms with Gasteiger partial charge < -0.3 is 10.6 Å². The maximum atomic E-state index is 11.4. The van der Waals surface area contributed by atoms with E-state index in [4.69, 9.17) is 11.6 Å². The molecular formula is C11H13ClN4O3. The number of pyridine rings is 1. The highest BCUT2D eigenvalue weighted by Gasteiger charge is 2.22. The van der Waals surface area contributed by atoms with Gasteiger partial charge in [-0.05, 0) is 12.8 Å². The molecule has 102 valence electrons. The van der Waals surface area contributed by atoms with Crippen LogP contribution in [-0.4, -0.2) is 28.4 Å². The molecule has 2 rings (SSSR count). The standard InChI is InChI=1S/C11H13ClN4O3/c12-9-5-8(16(18)19)6-10(15-9)13-4-3-11(17)14-7-1-2-7/h5-7H,1-4H2,(H,13,15)(H,14,17). The molecule has 1 aromatic rings. The number of nitrogens with zero attached hydrogens (tertiary/aromatic N) is 2. The van der Waals surface area contributed by atoms with Crippen molar-refractivity contribution >= 4 is 29.0 Å². The van der Waals surface area contributed by atoms with Crippen LogP contribution in [0, 0.1) is 10.1 Å². The van der Waals surface area contributed by atoms with Gasteiger partial charge in [0, 0.05) is 19.0 Å². The predicted octanol–water partition coefficient (Wildman–Crippen LogP) is 1.72. The summed E-state index contributed by atoms with van der Waals surface area (Å²) < 4.78 is 0. The van der Waals surface area contributed by atoms with Gasteiger partial charge in [0.15, 0.2) is 0 Å². The molecule has 1 amide bonds. The lowest BCUT2D eigenvalue weighted by Crippen LogP contribution is -2.27. The third-order valence-electron chi connectivity index (χ3n) is 2.59. The van der Waals surface area contributed by atoms with Crippen molar-refractivity contribution in [3.05, 3.63) is 27.4 Å². The molecule has 0 radical (unpaired) electrons. The highest BCUT2D eigenvalue weighted by atomic mass is 35.5. The Labute approximate surface area is 114 Å². The molecule has 0 spiro atoms. The number of anilines is 1. The van der Waals surface area contributed by atoms with E-state index in [2.05, 4.69) is 15.6 Å². The zero-order valence-corrected chi connectivity index (χ0v) is 10.8. The zero-order valence-electron chi connectivity index (χ0n) is 10.1. The first-order chi connectivity index (χ1) is 9.04. The monoisotopic (exact) mass is 284 g/mol. The van der Waals surface area contributed by atoms with Crippen molar-refractivity contribution in [2.24, 2.45) is 0 Å². The molecule has 1 aromatic heterocycles. The van der Waals surface area contributed by atoms with Gasteiger partial charge in [-0.15, -0.1) is 0 Å². The molecule has 2 N–H and O–H groups in total. The summed E-state index contributed by atoms with van der Waals surface area (Å²) in [6.45, 7) is 0.350. The molecule has 8 heteroatoms. The van der Waals surface area contributed by atoms with Crippen LogP contribution in [0.15, 0.2) is 12.1 Å². The normalized spacial score (nSPS) is 13.9. The van der Waals surface area contributed by atoms with E-state index in [-0.39, 0.29) is 16.7 Å². The molecule has 1 aliphatic rings. The van der Waals surface area contributed by atoms with E-state index >= 15 is 0 Å². The number of hydrogen-bond acceptors (Lipinski definition) is 5. The maximum Gasteiger partial charge on any atom is 0.276 e. The number of hydrogen-bond donors (Lipinski definition) is 2. The van der Waals surface area contributed by atoms with Crippen LogP contribution in [0.25, 0.3) is 0 Å². The van der Waals surface area contributed by atoms with E-state index in [1.165, 1.54) is 12.1 Å². The number of nitro groups is 1. The van der Waals surface area contributed by atoms with Crippen LogP contribution < -0.4 is 10.6 Å². The Morgan fingerprint density at radius 3 is 2.89 bits per heavy atom. The molecule has 19 heavy (non-hydrogen) atoms. The minimum atomic E-state index is -0.543. The molecule has 1 fully saturated rings. The minimum Gasteiger partial charge on any atom is -0.369 e. The first-order valence-corrected chi connectivity index (χ1v) is 6.27. The summed E-state index contributed by atoms with van der Waals surface area (Å²) in [6.07, 6.45) is 2.38. The van der Waals surface area contributed by atoms with Crippen molar-refractivity contribution < 1.29 is 9.72 Å². The van der Waals surface area contributed by atoms with E-state index in [9.17, 15) is 14.9 Å². The maximum absolute atomic E-state index is 11.4. The van der Waals surface area contributed by atoms with Crippen LogP contribution in [0.4, 0.5) is 11.5 Å². The fraction of sp³-hybridized carbons (Fsp3) is 0.455. The molecular weight excluding hydrogens is 272 g/mol. The molecule has 1 heterocycles. The largest absolute Gasteiger partial charge is 0.369 e. The van der Waals surface area contributed by atoms with Gasteiger partial charge in [0.1, 0.15) is 11.0 Å². The third kappa shape index (κ3) is 4.36. The highest BCUT2D eigenvalue weighted by Crippen LogP contribution is 2.20. The van der Waals surface area contributed by atoms with Crippen molar-refractivity contribution in [3.63, 3.8) is 0 Å². The molecule has 0 saturated heterocycles. The minimum absolute atomic E-state index is 0.0356. The summed E-state index contributed by atoms with van der Waals surface area (Å²) in [4.78, 5) is 25.4. The summed E-state index contributed by atoms with van der Waals surface area (Å²) in [7, 11) is 0. The van der Waals surface area contributed by atoms with Gasteiger partial charge in [-0.25, -0.2) is 4.98 Å². The lowest BCUT2D eigenvalue weighted by molar-refractivity contribution is -0.384. The summed E-state index contributed by atoms with van der Waals surface area (Å²) in [6, 6.07) is 2.79. The second-order valence-electron chi connectivity index (χ2n) is 4.31. The average Bonchev–Trinajstić information content (AvgIpc) is 3.12. The first kappa shape index (κ1) is 13.5. The Balaban J connectivity index is 1.84. The Morgan fingerprint density at radius 2 is 2.26 bits per heavy atom. The Hall–Kier alpha value is -1.89. The topological polar surface area (TPSA) is 97.2 Å². The third-order valence-corrected chi connectivity index (χ3v) is 2.78. The molecule has 7 nitrogen and oxygen atoms in total. The van der Waals surface area contributed by atoms with Crippen molar-refractivity contribution in [1.29, 1.82) is 0 Å². The first-order valence-electron chi connectivity index (χ1n) is 5.90. The lowest BCUT2D eigenvalue weighted by Gasteiger charge is -2.06. The van der Waals surface area contributed by atoms with E-state index in [1.807, 2.05) is 0 Å². The zero-order chi connectivity index (χ0) is 13.8. The van der Waals surface area contributed by atoms with E-state index in [0.29, 0.717) is 24.8 Å². The summed E-state index contributed by atoms with van der Waals surface area (Å²) in [5.41, 5.74) is -0.134. The van der Waals surface area contributed by atoms with Crippen LogP contribution in [0.1, 0.15) is 19.3 Å². The van der Waals surface area contributed by atoms with Gasteiger partial charge in [-0.1, -0.05) is 11.6 Å². The Bertz CT molecular complexity index is 505. The number of carbonyl (C=O) groups excluding carboxylic acids is 1. The SMILES string of the molecule is O=C(CCNc1cc([N+](=O)[O-])cc(Cl)n1)NC1CC1. The van der Waals surface area contributed by atoms with Gasteiger partial charge >= 0.3 is 0 Å². The number of aromatic nitrogens is 1. The van der Waals surface area contributed by atoms with Gasteiger partial charge in [0.05, 0.1) is 17.1 Å². The van der Waals surface area contributed by atoms with Gasteiger partial charge in [0.2, 0.25) is 5.91 Å². The van der Waals surface area contributed by atoms with Crippen molar-refractivity contribution in [2.45, 2.75) is 25.3 Å². The van der Waals surface area contributed by atoms with Gasteiger partial charge in [0.25, 0.3) is 5.69 Å². The second kappa shape index (κ2) is 5.83. The Morgan fingerprint density at radius 1 is 1.53 bits per heavy atom. The quantitative estimate of drug-likeness (QED) is 0.471. The van der Waals surface area contributed by atoms with Crippen molar-refractivity contribution in [1.82, 2.24) is 10.3 Å². The number of halogens is 1. The second-order valence-corrected chi connectivity index (χ2v) is 4.70.